The van der Waals surface area contributed by atoms with Gasteiger partial charge in [0.1, 0.15) is 11.8 Å². The zero-order chi connectivity index (χ0) is 31.7. The van der Waals surface area contributed by atoms with Crippen LogP contribution < -0.4 is 14.4 Å². The van der Waals surface area contributed by atoms with E-state index in [0.29, 0.717) is 27.0 Å². The van der Waals surface area contributed by atoms with E-state index in [1.54, 1.807) is 30.3 Å². The molecule has 0 saturated carbocycles. The summed E-state index contributed by atoms with van der Waals surface area (Å²) in [7, 11) is -2.23. The van der Waals surface area contributed by atoms with Crippen molar-refractivity contribution in [2.24, 2.45) is 0 Å². The molecule has 1 unspecified atom stereocenters. The maximum absolute atomic E-state index is 13.9. The molecule has 8 nitrogen and oxygen atoms in total. The van der Waals surface area contributed by atoms with E-state index >= 15 is 0 Å². The lowest BCUT2D eigenvalue weighted by molar-refractivity contribution is -0.141. The average molecular weight is 669 g/mol. The number of halogens is 3. The van der Waals surface area contributed by atoms with Crippen LogP contribution in [0.1, 0.15) is 37.8 Å². The summed E-state index contributed by atoms with van der Waals surface area (Å²) in [5, 5.41) is 4.02. The molecule has 3 aromatic rings. The molecule has 43 heavy (non-hydrogen) atoms. The summed E-state index contributed by atoms with van der Waals surface area (Å²) in [6.07, 6.45) is 1.52. The molecule has 0 aliphatic heterocycles. The van der Waals surface area contributed by atoms with Crippen molar-refractivity contribution in [3.05, 3.63) is 92.9 Å². The molecule has 0 spiro atoms. The molecule has 232 valence electrons. The second kappa shape index (κ2) is 15.7. The van der Waals surface area contributed by atoms with Crippen LogP contribution in [0, 0.1) is 0 Å². The smallest absolute Gasteiger partial charge is 0.243 e. The largest absolute Gasteiger partial charge is 0.495 e. The summed E-state index contributed by atoms with van der Waals surface area (Å²) in [5.74, 6) is -0.218. The molecular weight excluding hydrogens is 633 g/mol. The van der Waals surface area contributed by atoms with Gasteiger partial charge in [0.15, 0.2) is 0 Å². The number of rotatable bonds is 14. The van der Waals surface area contributed by atoms with Gasteiger partial charge in [-0.2, -0.15) is 0 Å². The Bertz CT molecular complexity index is 1520. The second-order valence-corrected chi connectivity index (χ2v) is 13.5. The van der Waals surface area contributed by atoms with Crippen molar-refractivity contribution in [3.8, 4) is 5.75 Å². The molecule has 2 amide bonds. The molecule has 0 radical (unpaired) electrons. The highest BCUT2D eigenvalue weighted by atomic mass is 35.5. The number of ether oxygens (including phenoxy) is 1. The van der Waals surface area contributed by atoms with E-state index in [0.717, 1.165) is 11.8 Å². The molecule has 0 bridgehead atoms. The number of benzene rings is 3. The van der Waals surface area contributed by atoms with Crippen molar-refractivity contribution < 1.29 is 22.7 Å². The van der Waals surface area contributed by atoms with Crippen LogP contribution in [-0.4, -0.2) is 57.1 Å². The highest BCUT2D eigenvalue weighted by molar-refractivity contribution is 7.92. The fourth-order valence-corrected chi connectivity index (χ4v) is 6.26. The Kier molecular flexibility index (Phi) is 12.6. The number of sulfonamides is 1. The quantitative estimate of drug-likeness (QED) is 0.216. The third-order valence-electron chi connectivity index (χ3n) is 6.63. The first kappa shape index (κ1) is 34.5. The number of methoxy groups -OCH3 is 1. The molecule has 12 heteroatoms. The number of nitrogens with zero attached hydrogens (tertiary/aromatic N) is 2. The minimum atomic E-state index is -3.70. The van der Waals surface area contributed by atoms with Gasteiger partial charge in [-0.25, -0.2) is 8.42 Å². The maximum Gasteiger partial charge on any atom is 0.243 e. The van der Waals surface area contributed by atoms with E-state index in [4.69, 9.17) is 39.5 Å². The molecule has 3 rings (SSSR count). The normalized spacial score (nSPS) is 12.1. The van der Waals surface area contributed by atoms with E-state index in [1.807, 2.05) is 44.2 Å². The lowest BCUT2D eigenvalue weighted by Gasteiger charge is -2.32. The third-order valence-corrected chi connectivity index (χ3v) is 8.71. The first-order valence-electron chi connectivity index (χ1n) is 13.7. The van der Waals surface area contributed by atoms with Crippen LogP contribution in [-0.2, 0) is 32.6 Å². The number of hydrogen-bond acceptors (Lipinski definition) is 5. The first-order chi connectivity index (χ1) is 20.3. The number of carbonyl (C=O) groups is 2. The van der Waals surface area contributed by atoms with Crippen molar-refractivity contribution >= 4 is 62.3 Å². The van der Waals surface area contributed by atoms with Gasteiger partial charge in [0.2, 0.25) is 21.8 Å². The van der Waals surface area contributed by atoms with E-state index in [1.165, 1.54) is 22.4 Å². The Hall–Kier alpha value is -2.98. The Morgan fingerprint density at radius 2 is 1.65 bits per heavy atom. The number of carbonyl (C=O) groups excluding carboxylic acids is 2. The summed E-state index contributed by atoms with van der Waals surface area (Å²) >= 11 is 18.8. The number of nitrogens with one attached hydrogen (secondary N) is 1. The van der Waals surface area contributed by atoms with Gasteiger partial charge in [0, 0.05) is 42.0 Å². The third kappa shape index (κ3) is 10.0. The molecule has 0 saturated heterocycles. The summed E-state index contributed by atoms with van der Waals surface area (Å²) in [4.78, 5) is 29.0. The van der Waals surface area contributed by atoms with E-state index < -0.39 is 16.1 Å². The van der Waals surface area contributed by atoms with Gasteiger partial charge in [0.25, 0.3) is 0 Å². The Balaban J connectivity index is 1.91. The van der Waals surface area contributed by atoms with Crippen LogP contribution in [0.15, 0.2) is 66.7 Å². The molecule has 0 aliphatic carbocycles. The summed E-state index contributed by atoms with van der Waals surface area (Å²) in [6.45, 7) is 3.78. The van der Waals surface area contributed by atoms with Gasteiger partial charge >= 0.3 is 0 Å². The van der Waals surface area contributed by atoms with Gasteiger partial charge in [0.05, 0.1) is 24.1 Å². The van der Waals surface area contributed by atoms with E-state index in [-0.39, 0.29) is 55.2 Å². The lowest BCUT2D eigenvalue weighted by Crippen LogP contribution is -2.51. The predicted molar refractivity (Wildman–Crippen MR) is 174 cm³/mol. The maximum atomic E-state index is 13.9. The monoisotopic (exact) mass is 667 g/mol. The van der Waals surface area contributed by atoms with Gasteiger partial charge in [-0.05, 0) is 61.7 Å². The first-order valence-corrected chi connectivity index (χ1v) is 16.7. The summed E-state index contributed by atoms with van der Waals surface area (Å²) in [5.41, 5.74) is 1.86. The second-order valence-electron chi connectivity index (χ2n) is 10.4. The molecule has 1 atom stereocenters. The summed E-state index contributed by atoms with van der Waals surface area (Å²) in [6, 6.07) is 18.1. The van der Waals surface area contributed by atoms with Gasteiger partial charge in [-0.1, -0.05) is 71.2 Å². The predicted octanol–water partition coefficient (Wildman–Crippen LogP) is 6.37. The Labute approximate surface area is 268 Å². The zero-order valence-corrected chi connectivity index (χ0v) is 27.6. The lowest BCUT2D eigenvalue weighted by atomic mass is 10.0. The van der Waals surface area contributed by atoms with Gasteiger partial charge in [-0.3, -0.25) is 13.9 Å². The fourth-order valence-electron chi connectivity index (χ4n) is 4.58. The number of anilines is 1. The molecular formula is C31H36Cl3N3O5S. The van der Waals surface area contributed by atoms with Crippen molar-refractivity contribution in [3.63, 3.8) is 0 Å². The fraction of sp³-hybridized carbons (Fsp3) is 0.355. The standard InChI is InChI=1S/C31H36Cl3N3O5S/c1-21(2)35-31(39)28(17-22-9-6-5-7-10-22)36(20-23-12-13-24(32)18-26(23)33)30(38)11-8-16-37(43(4,40)41)25-14-15-29(42-3)27(34)19-25/h5-7,9-10,12-15,18-19,21,28H,8,11,16-17,20H2,1-4H3,(H,35,39). The van der Waals surface area contributed by atoms with E-state index in [2.05, 4.69) is 5.32 Å². The van der Waals surface area contributed by atoms with Crippen LogP contribution in [0.3, 0.4) is 0 Å². The Morgan fingerprint density at radius 3 is 2.23 bits per heavy atom. The average Bonchev–Trinajstić information content (AvgIpc) is 2.93. The SMILES string of the molecule is COc1ccc(N(CCCC(=O)N(Cc2ccc(Cl)cc2Cl)C(Cc2ccccc2)C(=O)NC(C)C)S(C)(=O)=O)cc1Cl. The van der Waals surface area contributed by atoms with Crippen LogP contribution >= 0.6 is 34.8 Å². The van der Waals surface area contributed by atoms with E-state index in [9.17, 15) is 18.0 Å². The van der Waals surface area contributed by atoms with Crippen LogP contribution in [0.2, 0.25) is 15.1 Å². The van der Waals surface area contributed by atoms with Crippen molar-refractivity contribution in [1.29, 1.82) is 0 Å². The molecule has 3 aromatic carbocycles. The Morgan fingerprint density at radius 1 is 0.953 bits per heavy atom. The molecule has 0 aromatic heterocycles. The van der Waals surface area contributed by atoms with Gasteiger partial charge < -0.3 is 15.0 Å². The van der Waals surface area contributed by atoms with Crippen molar-refractivity contribution in [2.75, 3.05) is 24.2 Å². The highest BCUT2D eigenvalue weighted by Gasteiger charge is 2.31. The van der Waals surface area contributed by atoms with Crippen LogP contribution in [0.25, 0.3) is 0 Å². The van der Waals surface area contributed by atoms with Gasteiger partial charge in [-0.15, -0.1) is 0 Å². The number of hydrogen-bond donors (Lipinski definition) is 1. The molecule has 0 heterocycles. The topological polar surface area (TPSA) is 96.0 Å². The van der Waals surface area contributed by atoms with Crippen LogP contribution in [0.5, 0.6) is 5.75 Å². The molecule has 0 aliphatic rings. The molecule has 1 N–H and O–H groups in total. The minimum Gasteiger partial charge on any atom is -0.495 e. The van der Waals surface area contributed by atoms with Crippen LogP contribution in [0.4, 0.5) is 5.69 Å². The molecule has 0 fully saturated rings. The van der Waals surface area contributed by atoms with Crippen molar-refractivity contribution in [2.45, 2.75) is 51.7 Å². The minimum absolute atomic E-state index is 0.0182. The number of amides is 2. The van der Waals surface area contributed by atoms with Crippen molar-refractivity contribution in [1.82, 2.24) is 10.2 Å². The zero-order valence-electron chi connectivity index (χ0n) is 24.5. The highest BCUT2D eigenvalue weighted by Crippen LogP contribution is 2.31. The summed E-state index contributed by atoms with van der Waals surface area (Å²) < 4.78 is 31.8.